The minimum absolute atomic E-state index is 0.223. The zero-order chi connectivity index (χ0) is 13.5. The topological polar surface area (TPSA) is 53.4 Å². The van der Waals surface area contributed by atoms with Gasteiger partial charge in [-0.25, -0.2) is 9.78 Å². The van der Waals surface area contributed by atoms with Gasteiger partial charge in [-0.15, -0.1) is 11.3 Å². The van der Waals surface area contributed by atoms with Crippen LogP contribution in [0.15, 0.2) is 0 Å². The Balaban J connectivity index is 1.71. The predicted octanol–water partition coefficient (Wildman–Crippen LogP) is 3.31. The summed E-state index contributed by atoms with van der Waals surface area (Å²) in [5.41, 5.74) is 0.819. The van der Waals surface area contributed by atoms with Crippen molar-refractivity contribution in [3.8, 4) is 0 Å². The molecule has 1 spiro atoms. The molecule has 1 N–H and O–H groups in total. The van der Waals surface area contributed by atoms with E-state index in [1.807, 2.05) is 6.92 Å². The van der Waals surface area contributed by atoms with Crippen molar-refractivity contribution >= 4 is 22.4 Å². The highest BCUT2D eigenvalue weighted by atomic mass is 32.1. The van der Waals surface area contributed by atoms with E-state index in [4.69, 9.17) is 5.11 Å². The summed E-state index contributed by atoms with van der Waals surface area (Å²) in [6.45, 7) is 3.91. The minimum atomic E-state index is -0.913. The molecule has 2 aliphatic rings. The van der Waals surface area contributed by atoms with Crippen LogP contribution in [0.4, 0.5) is 5.13 Å². The van der Waals surface area contributed by atoms with Gasteiger partial charge in [-0.1, -0.05) is 12.8 Å². The molecule has 4 nitrogen and oxygen atoms in total. The van der Waals surface area contributed by atoms with Crippen LogP contribution >= 0.6 is 11.3 Å². The lowest BCUT2D eigenvalue weighted by Crippen LogP contribution is -2.38. The van der Waals surface area contributed by atoms with E-state index in [1.165, 1.54) is 49.9 Å². The molecule has 0 aromatic carbocycles. The predicted molar refractivity (Wildman–Crippen MR) is 76.2 cm³/mol. The zero-order valence-electron chi connectivity index (χ0n) is 11.3. The minimum Gasteiger partial charge on any atom is -0.476 e. The number of hydrogen-bond acceptors (Lipinski definition) is 4. The molecule has 5 heteroatoms. The van der Waals surface area contributed by atoms with E-state index in [-0.39, 0.29) is 5.69 Å². The third-order valence-corrected chi connectivity index (χ3v) is 5.78. The number of nitrogens with zero attached hydrogens (tertiary/aromatic N) is 2. The summed E-state index contributed by atoms with van der Waals surface area (Å²) < 4.78 is 0. The lowest BCUT2D eigenvalue weighted by molar-refractivity contribution is 0.0690. The van der Waals surface area contributed by atoms with Gasteiger partial charge in [0.1, 0.15) is 0 Å². The number of aromatic carboxylic acids is 1. The fraction of sp³-hybridized carbons (Fsp3) is 0.714. The maximum atomic E-state index is 11.0. The van der Waals surface area contributed by atoms with Crippen molar-refractivity contribution in [3.05, 3.63) is 10.6 Å². The smallest absolute Gasteiger partial charge is 0.355 e. The van der Waals surface area contributed by atoms with E-state index < -0.39 is 5.97 Å². The molecule has 1 saturated heterocycles. The van der Waals surface area contributed by atoms with Gasteiger partial charge in [0.05, 0.1) is 0 Å². The quantitative estimate of drug-likeness (QED) is 0.903. The first kappa shape index (κ1) is 12.9. The Morgan fingerprint density at radius 2 is 1.89 bits per heavy atom. The molecular formula is C14H20N2O2S. The summed E-state index contributed by atoms with van der Waals surface area (Å²) in [6.07, 6.45) is 8.04. The third kappa shape index (κ3) is 2.36. The van der Waals surface area contributed by atoms with Crippen LogP contribution in [0.25, 0.3) is 0 Å². The van der Waals surface area contributed by atoms with Crippen LogP contribution < -0.4 is 4.90 Å². The first-order valence-corrected chi connectivity index (χ1v) is 7.87. The SMILES string of the molecule is Cc1sc(N2CCC3(CCCC3)CC2)nc1C(=O)O. The summed E-state index contributed by atoms with van der Waals surface area (Å²) in [7, 11) is 0. The summed E-state index contributed by atoms with van der Waals surface area (Å²) >= 11 is 1.51. The monoisotopic (exact) mass is 280 g/mol. The van der Waals surface area contributed by atoms with Crippen molar-refractivity contribution in [2.24, 2.45) is 5.41 Å². The van der Waals surface area contributed by atoms with Crippen LogP contribution in [0.3, 0.4) is 0 Å². The van der Waals surface area contributed by atoms with Crippen LogP contribution in [0, 0.1) is 12.3 Å². The Hall–Kier alpha value is -1.10. The molecule has 1 saturated carbocycles. The third-order valence-electron chi connectivity index (χ3n) is 4.75. The second kappa shape index (κ2) is 4.78. The molecule has 0 amide bonds. The lowest BCUT2D eigenvalue weighted by atomic mass is 9.77. The van der Waals surface area contributed by atoms with Gasteiger partial charge in [-0.3, -0.25) is 0 Å². The summed E-state index contributed by atoms with van der Waals surface area (Å²) in [4.78, 5) is 18.4. The van der Waals surface area contributed by atoms with Gasteiger partial charge < -0.3 is 10.0 Å². The molecule has 104 valence electrons. The number of carboxylic acids is 1. The maximum absolute atomic E-state index is 11.0. The Labute approximate surface area is 117 Å². The number of aryl methyl sites for hydroxylation is 1. The number of hydrogen-bond donors (Lipinski definition) is 1. The van der Waals surface area contributed by atoms with Gasteiger partial charge in [0.15, 0.2) is 10.8 Å². The molecule has 1 aromatic heterocycles. The van der Waals surface area contributed by atoms with Crippen LogP contribution in [-0.2, 0) is 0 Å². The van der Waals surface area contributed by atoms with Crippen LogP contribution in [0.2, 0.25) is 0 Å². The van der Waals surface area contributed by atoms with Gasteiger partial charge in [0.2, 0.25) is 0 Å². The maximum Gasteiger partial charge on any atom is 0.355 e. The van der Waals surface area contributed by atoms with Crippen molar-refractivity contribution < 1.29 is 9.90 Å². The first-order valence-electron chi connectivity index (χ1n) is 7.05. The van der Waals surface area contributed by atoms with E-state index in [2.05, 4.69) is 9.88 Å². The highest BCUT2D eigenvalue weighted by Crippen LogP contribution is 2.47. The Bertz CT molecular complexity index is 482. The van der Waals surface area contributed by atoms with E-state index in [9.17, 15) is 4.79 Å². The van der Waals surface area contributed by atoms with Gasteiger partial charge in [-0.05, 0) is 38.0 Å². The molecule has 19 heavy (non-hydrogen) atoms. The number of thiazole rings is 1. The largest absolute Gasteiger partial charge is 0.476 e. The molecule has 3 rings (SSSR count). The number of rotatable bonds is 2. The van der Waals surface area contributed by atoms with E-state index in [0.717, 1.165) is 23.1 Å². The van der Waals surface area contributed by atoms with E-state index in [1.54, 1.807) is 0 Å². The molecule has 0 atom stereocenters. The molecule has 1 aliphatic carbocycles. The second-order valence-electron chi connectivity index (χ2n) is 5.90. The average molecular weight is 280 g/mol. The number of carboxylic acid groups (broad SMARTS) is 1. The van der Waals surface area contributed by atoms with Gasteiger partial charge >= 0.3 is 5.97 Å². The number of piperidine rings is 1. The van der Waals surface area contributed by atoms with E-state index in [0.29, 0.717) is 5.41 Å². The van der Waals surface area contributed by atoms with Crippen molar-refractivity contribution in [1.82, 2.24) is 4.98 Å². The standard InChI is InChI=1S/C14H20N2O2S/c1-10-11(12(17)18)15-13(19-10)16-8-6-14(7-9-16)4-2-3-5-14/h2-9H2,1H3,(H,17,18). The average Bonchev–Trinajstić information content (AvgIpc) is 2.98. The van der Waals surface area contributed by atoms with Crippen LogP contribution in [0.5, 0.6) is 0 Å². The molecule has 0 bridgehead atoms. The van der Waals surface area contributed by atoms with Crippen molar-refractivity contribution in [3.63, 3.8) is 0 Å². The Morgan fingerprint density at radius 3 is 2.42 bits per heavy atom. The summed E-state index contributed by atoms with van der Waals surface area (Å²) in [5, 5.41) is 9.96. The summed E-state index contributed by atoms with van der Waals surface area (Å²) in [6, 6.07) is 0. The molecule has 0 unspecified atom stereocenters. The lowest BCUT2D eigenvalue weighted by Gasteiger charge is -2.39. The number of anilines is 1. The zero-order valence-corrected chi connectivity index (χ0v) is 12.1. The molecular weight excluding hydrogens is 260 g/mol. The number of carbonyl (C=O) groups is 1. The van der Waals surface area contributed by atoms with Crippen LogP contribution in [0.1, 0.15) is 53.9 Å². The summed E-state index contributed by atoms with van der Waals surface area (Å²) in [5.74, 6) is -0.913. The van der Waals surface area contributed by atoms with Crippen molar-refractivity contribution in [1.29, 1.82) is 0 Å². The number of aromatic nitrogens is 1. The molecule has 1 aromatic rings. The molecule has 2 fully saturated rings. The first-order chi connectivity index (χ1) is 9.10. The second-order valence-corrected chi connectivity index (χ2v) is 7.08. The molecule has 1 aliphatic heterocycles. The van der Waals surface area contributed by atoms with Crippen LogP contribution in [-0.4, -0.2) is 29.1 Å². The van der Waals surface area contributed by atoms with Gasteiger partial charge in [0, 0.05) is 18.0 Å². The fourth-order valence-corrected chi connectivity index (χ4v) is 4.47. The van der Waals surface area contributed by atoms with Gasteiger partial charge in [0.25, 0.3) is 0 Å². The van der Waals surface area contributed by atoms with Crippen molar-refractivity contribution in [2.45, 2.75) is 45.4 Å². The Kier molecular flexibility index (Phi) is 3.25. The normalized spacial score (nSPS) is 22.1. The van der Waals surface area contributed by atoms with Gasteiger partial charge in [-0.2, -0.15) is 0 Å². The molecule has 2 heterocycles. The Morgan fingerprint density at radius 1 is 1.26 bits per heavy atom. The molecule has 0 radical (unpaired) electrons. The highest BCUT2D eigenvalue weighted by molar-refractivity contribution is 7.15. The van der Waals surface area contributed by atoms with E-state index >= 15 is 0 Å². The van der Waals surface area contributed by atoms with Crippen molar-refractivity contribution in [2.75, 3.05) is 18.0 Å². The fourth-order valence-electron chi connectivity index (χ4n) is 3.51. The highest BCUT2D eigenvalue weighted by Gasteiger charge is 2.37.